The number of nitrogens with one attached hydrogen (secondary N) is 1. The van der Waals surface area contributed by atoms with E-state index in [1.807, 2.05) is 24.3 Å². The molecule has 0 spiro atoms. The standard InChI is InChI=1S/C17H17N3O2S/c1-22-15-5-3-13(4-6-15)14-9-16(23-12-14)10-18-17(21)11-20-8-2-7-19-20/h2-9,12H,10-11H2,1H3,(H,18,21). The monoisotopic (exact) mass is 327 g/mol. The van der Waals surface area contributed by atoms with Crippen LogP contribution in [-0.2, 0) is 17.9 Å². The molecule has 0 aliphatic heterocycles. The first-order valence-corrected chi connectivity index (χ1v) is 8.08. The van der Waals surface area contributed by atoms with Gasteiger partial charge in [0, 0.05) is 17.3 Å². The van der Waals surface area contributed by atoms with Crippen LogP contribution < -0.4 is 10.1 Å². The van der Waals surface area contributed by atoms with E-state index in [1.54, 1.807) is 41.6 Å². The van der Waals surface area contributed by atoms with Gasteiger partial charge >= 0.3 is 0 Å². The largest absolute Gasteiger partial charge is 0.497 e. The highest BCUT2D eigenvalue weighted by molar-refractivity contribution is 7.10. The molecule has 118 valence electrons. The number of methoxy groups -OCH3 is 1. The molecule has 1 N–H and O–H groups in total. The molecule has 0 bridgehead atoms. The molecule has 0 aliphatic carbocycles. The predicted octanol–water partition coefficient (Wildman–Crippen LogP) is 2.94. The molecular formula is C17H17N3O2S. The van der Waals surface area contributed by atoms with Crippen LogP contribution in [0, 0.1) is 0 Å². The van der Waals surface area contributed by atoms with Crippen molar-refractivity contribution in [3.8, 4) is 16.9 Å². The van der Waals surface area contributed by atoms with Gasteiger partial charge in [0.2, 0.25) is 5.91 Å². The smallest absolute Gasteiger partial charge is 0.242 e. The molecule has 1 aromatic carbocycles. The van der Waals surface area contributed by atoms with Gasteiger partial charge in [0.25, 0.3) is 0 Å². The lowest BCUT2D eigenvalue weighted by atomic mass is 10.1. The van der Waals surface area contributed by atoms with Crippen molar-refractivity contribution in [1.82, 2.24) is 15.1 Å². The zero-order valence-corrected chi connectivity index (χ0v) is 13.5. The summed E-state index contributed by atoms with van der Waals surface area (Å²) in [7, 11) is 1.66. The molecule has 5 nitrogen and oxygen atoms in total. The lowest BCUT2D eigenvalue weighted by molar-refractivity contribution is -0.122. The van der Waals surface area contributed by atoms with Gasteiger partial charge in [-0.2, -0.15) is 5.10 Å². The fourth-order valence-corrected chi connectivity index (χ4v) is 3.02. The van der Waals surface area contributed by atoms with Crippen LogP contribution in [0.25, 0.3) is 11.1 Å². The number of aromatic nitrogens is 2. The Balaban J connectivity index is 1.57. The van der Waals surface area contributed by atoms with Crippen molar-refractivity contribution >= 4 is 17.2 Å². The average Bonchev–Trinajstić information content (AvgIpc) is 3.25. The minimum atomic E-state index is -0.0481. The van der Waals surface area contributed by atoms with Gasteiger partial charge in [-0.25, -0.2) is 0 Å². The molecule has 1 amide bonds. The van der Waals surface area contributed by atoms with Crippen LogP contribution in [0.2, 0.25) is 0 Å². The Bertz CT molecular complexity index is 764. The Morgan fingerprint density at radius 1 is 1.30 bits per heavy atom. The lowest BCUT2D eigenvalue weighted by Crippen LogP contribution is -2.26. The van der Waals surface area contributed by atoms with E-state index >= 15 is 0 Å². The van der Waals surface area contributed by atoms with Crippen molar-refractivity contribution < 1.29 is 9.53 Å². The first kappa shape index (κ1) is 15.3. The van der Waals surface area contributed by atoms with E-state index in [0.29, 0.717) is 6.54 Å². The van der Waals surface area contributed by atoms with E-state index in [0.717, 1.165) is 21.8 Å². The second-order valence-corrected chi connectivity index (χ2v) is 6.01. The van der Waals surface area contributed by atoms with Crippen LogP contribution in [0.15, 0.2) is 54.2 Å². The number of hydrogen-bond acceptors (Lipinski definition) is 4. The van der Waals surface area contributed by atoms with Gasteiger partial charge in [-0.15, -0.1) is 11.3 Å². The Morgan fingerprint density at radius 2 is 2.13 bits per heavy atom. The molecule has 6 heteroatoms. The van der Waals surface area contributed by atoms with Gasteiger partial charge in [0.05, 0.1) is 13.7 Å². The van der Waals surface area contributed by atoms with E-state index in [1.165, 1.54) is 0 Å². The topological polar surface area (TPSA) is 56.1 Å². The molecule has 0 saturated carbocycles. The molecule has 0 unspecified atom stereocenters. The fourth-order valence-electron chi connectivity index (χ4n) is 2.19. The number of ether oxygens (including phenoxy) is 1. The summed E-state index contributed by atoms with van der Waals surface area (Å²) in [6.07, 6.45) is 3.43. The van der Waals surface area contributed by atoms with Gasteiger partial charge < -0.3 is 10.1 Å². The van der Waals surface area contributed by atoms with Crippen molar-refractivity contribution in [3.63, 3.8) is 0 Å². The number of carbonyl (C=O) groups is 1. The van der Waals surface area contributed by atoms with Gasteiger partial charge in [0.15, 0.2) is 0 Å². The molecule has 23 heavy (non-hydrogen) atoms. The van der Waals surface area contributed by atoms with Crippen LogP contribution >= 0.6 is 11.3 Å². The minimum absolute atomic E-state index is 0.0481. The summed E-state index contributed by atoms with van der Waals surface area (Å²) >= 11 is 1.64. The van der Waals surface area contributed by atoms with Crippen LogP contribution in [0.1, 0.15) is 4.88 Å². The number of hydrogen-bond donors (Lipinski definition) is 1. The van der Waals surface area contributed by atoms with Gasteiger partial charge in [-0.05, 0) is 40.8 Å². The summed E-state index contributed by atoms with van der Waals surface area (Å²) in [6.45, 7) is 0.768. The second-order valence-electron chi connectivity index (χ2n) is 5.01. The summed E-state index contributed by atoms with van der Waals surface area (Å²) in [5, 5.41) is 9.02. The highest BCUT2D eigenvalue weighted by Gasteiger charge is 2.06. The summed E-state index contributed by atoms with van der Waals surface area (Å²) in [5.74, 6) is 0.795. The van der Waals surface area contributed by atoms with Gasteiger partial charge in [0.1, 0.15) is 12.3 Å². The molecule has 3 rings (SSSR count). The normalized spacial score (nSPS) is 10.5. The Labute approximate surface area is 138 Å². The zero-order valence-electron chi connectivity index (χ0n) is 12.7. The van der Waals surface area contributed by atoms with Crippen LogP contribution in [0.3, 0.4) is 0 Å². The maximum absolute atomic E-state index is 11.8. The summed E-state index contributed by atoms with van der Waals surface area (Å²) in [5.41, 5.74) is 2.28. The molecule has 0 fully saturated rings. The molecular weight excluding hydrogens is 310 g/mol. The van der Waals surface area contributed by atoms with Gasteiger partial charge in [-0.1, -0.05) is 12.1 Å². The van der Waals surface area contributed by atoms with E-state index in [4.69, 9.17) is 4.74 Å². The number of nitrogens with zero attached hydrogens (tertiary/aromatic N) is 2. The quantitative estimate of drug-likeness (QED) is 0.757. The number of thiophene rings is 1. The first-order valence-electron chi connectivity index (χ1n) is 7.20. The molecule has 2 heterocycles. The molecule has 0 saturated heterocycles. The Hall–Kier alpha value is -2.60. The third-order valence-corrected chi connectivity index (χ3v) is 4.34. The molecule has 0 radical (unpaired) electrons. The SMILES string of the molecule is COc1ccc(-c2csc(CNC(=O)Cn3cccn3)c2)cc1. The van der Waals surface area contributed by atoms with E-state index < -0.39 is 0 Å². The summed E-state index contributed by atoms with van der Waals surface area (Å²) in [6, 6.07) is 11.8. The fraction of sp³-hybridized carbons (Fsp3) is 0.176. The second kappa shape index (κ2) is 7.11. The third-order valence-electron chi connectivity index (χ3n) is 3.40. The van der Waals surface area contributed by atoms with Crippen LogP contribution in [0.4, 0.5) is 0 Å². The Kier molecular flexibility index (Phi) is 4.73. The first-order chi connectivity index (χ1) is 11.2. The van der Waals surface area contributed by atoms with E-state index in [-0.39, 0.29) is 12.5 Å². The predicted molar refractivity (Wildman–Crippen MR) is 90.4 cm³/mol. The maximum Gasteiger partial charge on any atom is 0.242 e. The number of rotatable bonds is 6. The molecule has 0 atom stereocenters. The zero-order chi connectivity index (χ0) is 16.1. The summed E-state index contributed by atoms with van der Waals surface area (Å²) < 4.78 is 6.77. The van der Waals surface area contributed by atoms with Crippen molar-refractivity contribution in [2.24, 2.45) is 0 Å². The maximum atomic E-state index is 11.8. The number of benzene rings is 1. The highest BCUT2D eigenvalue weighted by atomic mass is 32.1. The third kappa shape index (κ3) is 3.98. The minimum Gasteiger partial charge on any atom is -0.497 e. The molecule has 3 aromatic rings. The van der Waals surface area contributed by atoms with E-state index in [9.17, 15) is 4.79 Å². The lowest BCUT2D eigenvalue weighted by Gasteiger charge is -2.03. The van der Waals surface area contributed by atoms with Crippen molar-refractivity contribution in [2.45, 2.75) is 13.1 Å². The van der Waals surface area contributed by atoms with E-state index in [2.05, 4.69) is 21.9 Å². The average molecular weight is 327 g/mol. The Morgan fingerprint density at radius 3 is 2.83 bits per heavy atom. The van der Waals surface area contributed by atoms with Crippen molar-refractivity contribution in [2.75, 3.05) is 7.11 Å². The van der Waals surface area contributed by atoms with Crippen molar-refractivity contribution in [1.29, 1.82) is 0 Å². The molecule has 0 aliphatic rings. The van der Waals surface area contributed by atoms with Crippen LogP contribution in [0.5, 0.6) is 5.75 Å². The number of carbonyl (C=O) groups excluding carboxylic acids is 1. The molecule has 2 aromatic heterocycles. The number of amides is 1. The highest BCUT2D eigenvalue weighted by Crippen LogP contribution is 2.27. The van der Waals surface area contributed by atoms with Crippen LogP contribution in [-0.4, -0.2) is 22.8 Å². The van der Waals surface area contributed by atoms with Crippen molar-refractivity contribution in [3.05, 3.63) is 59.0 Å². The van der Waals surface area contributed by atoms with Gasteiger partial charge in [-0.3, -0.25) is 9.48 Å². The summed E-state index contributed by atoms with van der Waals surface area (Å²) in [4.78, 5) is 13.0.